The van der Waals surface area contributed by atoms with Crippen molar-refractivity contribution in [3.63, 3.8) is 0 Å². The Morgan fingerprint density at radius 2 is 1.93 bits per heavy atom. The minimum absolute atomic E-state index is 0.247. The highest BCUT2D eigenvalue weighted by molar-refractivity contribution is 8.00. The van der Waals surface area contributed by atoms with Gasteiger partial charge in [-0.1, -0.05) is 25.1 Å². The predicted molar refractivity (Wildman–Crippen MR) is 120 cm³/mol. The van der Waals surface area contributed by atoms with Gasteiger partial charge in [-0.05, 0) is 30.7 Å². The highest BCUT2D eigenvalue weighted by atomic mass is 32.2. The number of thioether (sulfide) groups is 1. The van der Waals surface area contributed by atoms with Crippen LogP contribution in [0, 0.1) is 0 Å². The third kappa shape index (κ3) is 4.70. The monoisotopic (exact) mass is 412 g/mol. The molecule has 1 amide bonds. The van der Waals surface area contributed by atoms with E-state index >= 15 is 0 Å². The van der Waals surface area contributed by atoms with Crippen molar-refractivity contribution in [3.05, 3.63) is 48.5 Å². The van der Waals surface area contributed by atoms with E-state index in [4.69, 9.17) is 4.74 Å². The number of carbonyl (C=O) groups excluding carboxylic acids is 1. The van der Waals surface area contributed by atoms with E-state index in [1.165, 1.54) is 15.5 Å². The van der Waals surface area contributed by atoms with Crippen LogP contribution >= 0.6 is 11.8 Å². The number of nitrogens with zero attached hydrogens (tertiary/aromatic N) is 2. The van der Waals surface area contributed by atoms with Crippen molar-refractivity contribution >= 4 is 29.0 Å². The molecule has 0 saturated carbocycles. The Kier molecular flexibility index (Phi) is 6.31. The number of methoxy groups -OCH3 is 1. The van der Waals surface area contributed by atoms with Crippen LogP contribution in [0.1, 0.15) is 13.3 Å². The highest BCUT2D eigenvalue weighted by Gasteiger charge is 2.28. The quantitative estimate of drug-likeness (QED) is 0.836. The second-order valence-electron chi connectivity index (χ2n) is 7.85. The molecule has 2 aliphatic heterocycles. The molecular weight excluding hydrogens is 382 g/mol. The molecule has 0 aromatic heterocycles. The fourth-order valence-corrected chi connectivity index (χ4v) is 5.23. The average molecular weight is 413 g/mol. The number of rotatable bonds is 4. The molecule has 2 aliphatic rings. The van der Waals surface area contributed by atoms with Crippen LogP contribution in [0.4, 0.5) is 11.4 Å². The summed E-state index contributed by atoms with van der Waals surface area (Å²) in [6.07, 6.45) is 1.03. The maximum absolute atomic E-state index is 13.2. The first kappa shape index (κ1) is 20.1. The zero-order chi connectivity index (χ0) is 20.2. The van der Waals surface area contributed by atoms with Crippen LogP contribution in [0.5, 0.6) is 5.75 Å². The van der Waals surface area contributed by atoms with Crippen LogP contribution in [-0.4, -0.2) is 57.5 Å². The lowest BCUT2D eigenvalue weighted by Gasteiger charge is -2.34. The van der Waals surface area contributed by atoms with Crippen LogP contribution < -0.4 is 19.4 Å². The molecule has 29 heavy (non-hydrogen) atoms. The van der Waals surface area contributed by atoms with Crippen LogP contribution in [0.25, 0.3) is 0 Å². The van der Waals surface area contributed by atoms with Gasteiger partial charge in [0.05, 0.1) is 39.0 Å². The Morgan fingerprint density at radius 3 is 2.72 bits per heavy atom. The summed E-state index contributed by atoms with van der Waals surface area (Å²) < 4.78 is 5.35. The molecule has 1 N–H and O–H groups in total. The summed E-state index contributed by atoms with van der Waals surface area (Å²) in [6.45, 7) is 7.50. The molecule has 1 fully saturated rings. The summed E-state index contributed by atoms with van der Waals surface area (Å²) >= 11 is 1.88. The van der Waals surface area contributed by atoms with E-state index in [9.17, 15) is 4.79 Å². The number of fused-ring (bicyclic) bond motifs is 1. The normalized spacial score (nSPS) is 20.1. The van der Waals surface area contributed by atoms with Gasteiger partial charge in [0.15, 0.2) is 6.54 Å². The van der Waals surface area contributed by atoms with Gasteiger partial charge < -0.3 is 19.4 Å². The van der Waals surface area contributed by atoms with Crippen molar-refractivity contribution in [2.24, 2.45) is 0 Å². The molecule has 6 heteroatoms. The van der Waals surface area contributed by atoms with E-state index in [0.717, 1.165) is 50.6 Å². The number of ether oxygens (including phenoxy) is 1. The van der Waals surface area contributed by atoms with Crippen molar-refractivity contribution in [2.75, 3.05) is 56.2 Å². The van der Waals surface area contributed by atoms with E-state index in [1.807, 2.05) is 34.9 Å². The number of quaternary nitrogens is 1. The Balaban J connectivity index is 1.37. The van der Waals surface area contributed by atoms with Gasteiger partial charge in [-0.15, -0.1) is 11.8 Å². The second kappa shape index (κ2) is 9.09. The van der Waals surface area contributed by atoms with Gasteiger partial charge in [0.2, 0.25) is 0 Å². The van der Waals surface area contributed by atoms with Crippen molar-refractivity contribution in [1.82, 2.24) is 0 Å². The fraction of sp³-hybridized carbons (Fsp3) is 0.435. The number of para-hydroxylation sites is 1. The Bertz CT molecular complexity index is 852. The summed E-state index contributed by atoms with van der Waals surface area (Å²) in [4.78, 5) is 20.2. The van der Waals surface area contributed by atoms with Crippen LogP contribution in [0.3, 0.4) is 0 Å². The van der Waals surface area contributed by atoms with Crippen molar-refractivity contribution < 1.29 is 14.4 Å². The number of anilines is 2. The zero-order valence-corrected chi connectivity index (χ0v) is 18.1. The molecule has 0 spiro atoms. The van der Waals surface area contributed by atoms with Gasteiger partial charge >= 0.3 is 0 Å². The maximum atomic E-state index is 13.2. The Hall–Kier alpha value is -2.18. The van der Waals surface area contributed by atoms with Gasteiger partial charge in [0.1, 0.15) is 5.75 Å². The lowest BCUT2D eigenvalue weighted by atomic mass is 10.2. The summed E-state index contributed by atoms with van der Waals surface area (Å²) in [6, 6.07) is 16.6. The zero-order valence-electron chi connectivity index (χ0n) is 17.3. The van der Waals surface area contributed by atoms with Gasteiger partial charge in [-0.3, -0.25) is 4.79 Å². The smallest absolute Gasteiger partial charge is 0.282 e. The van der Waals surface area contributed by atoms with Crippen molar-refractivity contribution in [2.45, 2.75) is 23.5 Å². The first-order valence-electron chi connectivity index (χ1n) is 10.4. The topological polar surface area (TPSA) is 37.2 Å². The molecule has 1 atom stereocenters. The first-order valence-corrected chi connectivity index (χ1v) is 11.3. The number of amides is 1. The molecular formula is C23H30N3O2S+. The van der Waals surface area contributed by atoms with Gasteiger partial charge in [0.25, 0.3) is 5.91 Å². The molecule has 0 bridgehead atoms. The van der Waals surface area contributed by atoms with Crippen LogP contribution in [-0.2, 0) is 4.79 Å². The molecule has 4 rings (SSSR count). The van der Waals surface area contributed by atoms with E-state index in [-0.39, 0.29) is 5.91 Å². The molecule has 1 saturated heterocycles. The third-order valence-corrected chi connectivity index (χ3v) is 7.07. The molecule has 0 aliphatic carbocycles. The van der Waals surface area contributed by atoms with E-state index in [2.05, 4.69) is 42.2 Å². The molecule has 2 aromatic carbocycles. The molecule has 2 aromatic rings. The Morgan fingerprint density at radius 1 is 1.14 bits per heavy atom. The molecule has 0 unspecified atom stereocenters. The summed E-state index contributed by atoms with van der Waals surface area (Å²) in [7, 11) is 1.70. The SMILES string of the molecule is COc1cccc(N2CC[NH+](CC(=O)N3CC[C@@H](C)Sc4ccccc43)CC2)c1. The summed E-state index contributed by atoms with van der Waals surface area (Å²) in [5.74, 6) is 1.14. The van der Waals surface area contributed by atoms with Crippen molar-refractivity contribution in [3.8, 4) is 5.75 Å². The third-order valence-electron chi connectivity index (χ3n) is 5.83. The minimum atomic E-state index is 0.247. The van der Waals surface area contributed by atoms with Crippen LogP contribution in [0.2, 0.25) is 0 Å². The molecule has 2 heterocycles. The average Bonchev–Trinajstić information content (AvgIpc) is 2.92. The number of benzene rings is 2. The van der Waals surface area contributed by atoms with Gasteiger partial charge in [0, 0.05) is 28.4 Å². The summed E-state index contributed by atoms with van der Waals surface area (Å²) in [5, 5.41) is 0.535. The fourth-order valence-electron chi connectivity index (χ4n) is 4.12. The number of nitrogens with one attached hydrogen (secondary N) is 1. The van der Waals surface area contributed by atoms with Crippen LogP contribution in [0.15, 0.2) is 53.4 Å². The lowest BCUT2D eigenvalue weighted by Crippen LogP contribution is -3.16. The summed E-state index contributed by atoms with van der Waals surface area (Å²) in [5.41, 5.74) is 2.28. The largest absolute Gasteiger partial charge is 0.497 e. The maximum Gasteiger partial charge on any atom is 0.282 e. The lowest BCUT2D eigenvalue weighted by molar-refractivity contribution is -0.892. The second-order valence-corrected chi connectivity index (χ2v) is 9.33. The molecule has 0 radical (unpaired) electrons. The van der Waals surface area contributed by atoms with E-state index in [0.29, 0.717) is 11.8 Å². The highest BCUT2D eigenvalue weighted by Crippen LogP contribution is 2.37. The van der Waals surface area contributed by atoms with Gasteiger partial charge in [-0.2, -0.15) is 0 Å². The van der Waals surface area contributed by atoms with E-state index < -0.39 is 0 Å². The Labute approximate surface area is 177 Å². The molecule has 154 valence electrons. The number of carbonyl (C=O) groups is 1. The van der Waals surface area contributed by atoms with E-state index in [1.54, 1.807) is 7.11 Å². The number of piperazine rings is 1. The standard InChI is InChI=1S/C23H29N3O2S/c1-18-10-11-26(21-8-3-4-9-22(21)29-18)23(27)17-24-12-14-25(15-13-24)19-6-5-7-20(16-19)28-2/h3-9,16,18H,10-15,17H2,1-2H3/p+1/t18-/m1/s1. The number of hydrogen-bond donors (Lipinski definition) is 1. The predicted octanol–water partition coefficient (Wildman–Crippen LogP) is 2.32. The molecule has 5 nitrogen and oxygen atoms in total. The van der Waals surface area contributed by atoms with Crippen molar-refractivity contribution in [1.29, 1.82) is 0 Å². The van der Waals surface area contributed by atoms with Gasteiger partial charge in [-0.25, -0.2) is 0 Å². The minimum Gasteiger partial charge on any atom is -0.497 e. The number of hydrogen-bond acceptors (Lipinski definition) is 4. The first-order chi connectivity index (χ1) is 14.1.